The molecule has 0 radical (unpaired) electrons. The summed E-state index contributed by atoms with van der Waals surface area (Å²) in [5, 5.41) is 11.7. The van der Waals surface area contributed by atoms with Crippen LogP contribution >= 0.6 is 0 Å². The number of hydrogen-bond donors (Lipinski definition) is 4. The maximum absolute atomic E-state index is 12.8. The van der Waals surface area contributed by atoms with E-state index in [-0.39, 0.29) is 41.9 Å². The van der Waals surface area contributed by atoms with Crippen LogP contribution in [-0.4, -0.2) is 41.5 Å². The van der Waals surface area contributed by atoms with Gasteiger partial charge in [-0.1, -0.05) is 27.7 Å². The lowest BCUT2D eigenvalue weighted by atomic mass is 9.84. The molecule has 0 spiro atoms. The molecule has 0 aromatic rings. The van der Waals surface area contributed by atoms with Gasteiger partial charge in [-0.25, -0.2) is 4.79 Å². The van der Waals surface area contributed by atoms with E-state index in [1.165, 1.54) is 0 Å². The van der Waals surface area contributed by atoms with E-state index in [2.05, 4.69) is 21.3 Å². The summed E-state index contributed by atoms with van der Waals surface area (Å²) in [6.45, 7) is 19.0. The fraction of sp³-hybridized carbons (Fsp3) is 0.857. The van der Waals surface area contributed by atoms with E-state index in [1.54, 1.807) is 0 Å². The molecule has 0 fully saturated rings. The van der Waals surface area contributed by atoms with E-state index in [0.717, 1.165) is 0 Å². The molecule has 28 heavy (non-hydrogen) atoms. The van der Waals surface area contributed by atoms with Crippen molar-refractivity contribution in [2.45, 2.75) is 106 Å². The van der Waals surface area contributed by atoms with Gasteiger partial charge in [-0.05, 0) is 54.4 Å². The van der Waals surface area contributed by atoms with Crippen LogP contribution < -0.4 is 21.3 Å². The Kier molecular flexibility index (Phi) is 9.99. The number of nitrogens with one attached hydrogen (secondary N) is 4. The van der Waals surface area contributed by atoms with Crippen molar-refractivity contribution in [3.8, 4) is 0 Å². The molecule has 4 N–H and O–H groups in total. The molecule has 4 amide bonds. The Hall–Kier alpha value is -1.79. The maximum Gasteiger partial charge on any atom is 0.315 e. The third-order valence-electron chi connectivity index (χ3n) is 4.41. The van der Waals surface area contributed by atoms with Gasteiger partial charge in [-0.3, -0.25) is 9.59 Å². The predicted octanol–water partition coefficient (Wildman–Crippen LogP) is 2.94. The second-order valence-corrected chi connectivity index (χ2v) is 9.87. The van der Waals surface area contributed by atoms with E-state index in [4.69, 9.17) is 0 Å². The minimum atomic E-state index is -0.635. The van der Waals surface area contributed by atoms with Crippen LogP contribution in [0.15, 0.2) is 0 Å². The van der Waals surface area contributed by atoms with Crippen molar-refractivity contribution < 1.29 is 14.4 Å². The van der Waals surface area contributed by atoms with Crippen molar-refractivity contribution in [1.29, 1.82) is 0 Å². The average molecular weight is 399 g/mol. The van der Waals surface area contributed by atoms with Crippen LogP contribution in [0.3, 0.4) is 0 Å². The third-order valence-corrected chi connectivity index (χ3v) is 4.41. The molecule has 0 aliphatic heterocycles. The monoisotopic (exact) mass is 398 g/mol. The number of hydrogen-bond acceptors (Lipinski definition) is 3. The molecule has 0 bridgehead atoms. The van der Waals surface area contributed by atoms with E-state index in [0.29, 0.717) is 12.8 Å². The van der Waals surface area contributed by atoms with E-state index < -0.39 is 11.0 Å². The van der Waals surface area contributed by atoms with Crippen LogP contribution in [0.5, 0.6) is 0 Å². The van der Waals surface area contributed by atoms with Crippen LogP contribution in [0.4, 0.5) is 4.79 Å². The lowest BCUT2D eigenvalue weighted by molar-refractivity contribution is -0.130. The summed E-state index contributed by atoms with van der Waals surface area (Å²) in [5.41, 5.74) is -1.05. The first kappa shape index (κ1) is 26.2. The van der Waals surface area contributed by atoms with Gasteiger partial charge in [0, 0.05) is 35.0 Å². The van der Waals surface area contributed by atoms with Crippen molar-refractivity contribution in [2.75, 3.05) is 0 Å². The standard InChI is InChI=1S/C21H42N4O3/c1-13(2)17(26)25-21(9,10)12-16(6)23-18(27)20(7,8)11-15(5)24-19(28)22-14(3)4/h13-16H,11-12H2,1-10H3,(H,23,27)(H,25,26)(H2,22,24,28). The second kappa shape index (κ2) is 10.7. The minimum absolute atomic E-state index is 0.00318. The number of carbonyl (C=O) groups excluding carboxylic acids is 3. The largest absolute Gasteiger partial charge is 0.353 e. The second-order valence-electron chi connectivity index (χ2n) is 9.87. The highest BCUT2D eigenvalue weighted by Gasteiger charge is 2.32. The zero-order chi connectivity index (χ0) is 22.3. The number of rotatable bonds is 10. The van der Waals surface area contributed by atoms with Crippen LogP contribution in [-0.2, 0) is 9.59 Å². The zero-order valence-corrected chi connectivity index (χ0v) is 19.4. The normalized spacial score (nSPS) is 14.4. The molecule has 0 aromatic heterocycles. The molecule has 7 heteroatoms. The van der Waals surface area contributed by atoms with E-state index >= 15 is 0 Å². The highest BCUT2D eigenvalue weighted by molar-refractivity contribution is 5.82. The summed E-state index contributed by atoms with van der Waals surface area (Å²) in [7, 11) is 0. The van der Waals surface area contributed by atoms with Crippen molar-refractivity contribution >= 4 is 17.8 Å². The molecule has 0 heterocycles. The van der Waals surface area contributed by atoms with E-state index in [1.807, 2.05) is 69.2 Å². The molecule has 164 valence electrons. The Bertz CT molecular complexity index is 542. The molecule has 0 saturated carbocycles. The highest BCUT2D eigenvalue weighted by Crippen LogP contribution is 2.23. The van der Waals surface area contributed by atoms with Gasteiger partial charge in [0.05, 0.1) is 0 Å². The Morgan fingerprint density at radius 3 is 1.71 bits per heavy atom. The van der Waals surface area contributed by atoms with E-state index in [9.17, 15) is 14.4 Å². The Morgan fingerprint density at radius 2 is 1.25 bits per heavy atom. The highest BCUT2D eigenvalue weighted by atomic mass is 16.2. The van der Waals surface area contributed by atoms with Crippen molar-refractivity contribution in [3.05, 3.63) is 0 Å². The Morgan fingerprint density at radius 1 is 0.750 bits per heavy atom. The quantitative estimate of drug-likeness (QED) is 0.455. The number of carbonyl (C=O) groups is 3. The smallest absolute Gasteiger partial charge is 0.315 e. The van der Waals surface area contributed by atoms with Crippen LogP contribution in [0, 0.1) is 11.3 Å². The first-order chi connectivity index (χ1) is 12.6. The summed E-state index contributed by atoms with van der Waals surface area (Å²) in [6, 6.07) is -0.406. The van der Waals surface area contributed by atoms with Gasteiger partial charge in [-0.15, -0.1) is 0 Å². The predicted molar refractivity (Wildman–Crippen MR) is 114 cm³/mol. The molecule has 0 saturated heterocycles. The van der Waals surface area contributed by atoms with Gasteiger partial charge in [-0.2, -0.15) is 0 Å². The van der Waals surface area contributed by atoms with Crippen LogP contribution in [0.1, 0.15) is 82.1 Å². The van der Waals surface area contributed by atoms with Gasteiger partial charge in [0.15, 0.2) is 0 Å². The Balaban J connectivity index is 4.68. The molecule has 0 aliphatic carbocycles. The molecular formula is C21H42N4O3. The van der Waals surface area contributed by atoms with Gasteiger partial charge in [0.2, 0.25) is 11.8 Å². The molecular weight excluding hydrogens is 356 g/mol. The van der Waals surface area contributed by atoms with Crippen molar-refractivity contribution in [2.24, 2.45) is 11.3 Å². The van der Waals surface area contributed by atoms with Gasteiger partial charge in [0.1, 0.15) is 0 Å². The first-order valence-electron chi connectivity index (χ1n) is 10.3. The summed E-state index contributed by atoms with van der Waals surface area (Å²) in [4.78, 5) is 36.6. The molecule has 0 aliphatic rings. The van der Waals surface area contributed by atoms with Gasteiger partial charge >= 0.3 is 6.03 Å². The van der Waals surface area contributed by atoms with Gasteiger partial charge in [0.25, 0.3) is 0 Å². The average Bonchev–Trinajstić information content (AvgIpc) is 2.43. The molecule has 0 aromatic carbocycles. The lowest BCUT2D eigenvalue weighted by Gasteiger charge is -2.33. The van der Waals surface area contributed by atoms with Gasteiger partial charge < -0.3 is 21.3 Å². The molecule has 7 nitrogen and oxygen atoms in total. The van der Waals surface area contributed by atoms with Crippen molar-refractivity contribution in [3.63, 3.8) is 0 Å². The topological polar surface area (TPSA) is 99.3 Å². The molecule has 2 atom stereocenters. The molecule has 2 unspecified atom stereocenters. The zero-order valence-electron chi connectivity index (χ0n) is 19.4. The van der Waals surface area contributed by atoms with Crippen LogP contribution in [0.25, 0.3) is 0 Å². The molecule has 0 rings (SSSR count). The SMILES string of the molecule is CC(C)NC(=O)NC(C)CC(C)(C)C(=O)NC(C)CC(C)(C)NC(=O)C(C)C. The summed E-state index contributed by atoms with van der Waals surface area (Å²) in [5.74, 6) is -0.141. The third kappa shape index (κ3) is 10.5. The number of amides is 4. The summed E-state index contributed by atoms with van der Waals surface area (Å²) >= 11 is 0. The summed E-state index contributed by atoms with van der Waals surface area (Å²) in [6.07, 6.45) is 1.14. The number of urea groups is 1. The summed E-state index contributed by atoms with van der Waals surface area (Å²) < 4.78 is 0. The Labute approximate surface area is 171 Å². The fourth-order valence-electron chi connectivity index (χ4n) is 3.20. The maximum atomic E-state index is 12.8. The first-order valence-corrected chi connectivity index (χ1v) is 10.3. The van der Waals surface area contributed by atoms with Crippen LogP contribution in [0.2, 0.25) is 0 Å². The van der Waals surface area contributed by atoms with Crippen molar-refractivity contribution in [1.82, 2.24) is 21.3 Å². The fourth-order valence-corrected chi connectivity index (χ4v) is 3.20. The minimum Gasteiger partial charge on any atom is -0.353 e. The lowest BCUT2D eigenvalue weighted by Crippen LogP contribution is -2.52.